The highest BCUT2D eigenvalue weighted by Crippen LogP contribution is 2.12. The van der Waals surface area contributed by atoms with Crippen LogP contribution in [0.3, 0.4) is 0 Å². The first-order valence-corrected chi connectivity index (χ1v) is 5.10. The maximum absolute atomic E-state index is 11.4. The Balaban J connectivity index is 2.52. The molecule has 0 radical (unpaired) electrons. The summed E-state index contributed by atoms with van der Waals surface area (Å²) in [6, 6.07) is 7.42. The van der Waals surface area contributed by atoms with Gasteiger partial charge in [-0.1, -0.05) is 18.2 Å². The molecule has 0 fully saturated rings. The molecule has 1 aromatic carbocycles. The number of ether oxygens (including phenoxy) is 2. The number of carbonyl (C=O) groups excluding carboxylic acids is 1. The largest absolute Gasteiger partial charge is 0.497 e. The lowest BCUT2D eigenvalue weighted by molar-refractivity contribution is -0.140. The summed E-state index contributed by atoms with van der Waals surface area (Å²) >= 11 is 0. The number of rotatable bonds is 4. The molecule has 0 saturated carbocycles. The van der Waals surface area contributed by atoms with E-state index in [4.69, 9.17) is 9.47 Å². The van der Waals surface area contributed by atoms with Crippen molar-refractivity contribution in [3.63, 3.8) is 0 Å². The fourth-order valence-electron chi connectivity index (χ4n) is 1.10. The molecule has 0 N–H and O–H groups in total. The van der Waals surface area contributed by atoms with Gasteiger partial charge in [0.1, 0.15) is 12.4 Å². The third-order valence-electron chi connectivity index (χ3n) is 2.28. The maximum atomic E-state index is 11.4. The second-order valence-corrected chi connectivity index (χ2v) is 3.40. The number of benzene rings is 1. The van der Waals surface area contributed by atoms with Crippen molar-refractivity contribution in [1.29, 1.82) is 0 Å². The van der Waals surface area contributed by atoms with Gasteiger partial charge >= 0.3 is 5.97 Å². The standard InChI is InChI=1S/C13H16O3/c1-4-10(2)13(14)16-9-11-5-7-12(15-3)8-6-11/h4-8H,9H2,1-3H3/b10-4-. The molecule has 1 aromatic rings. The molecule has 0 aromatic heterocycles. The smallest absolute Gasteiger partial charge is 0.333 e. The van der Waals surface area contributed by atoms with Gasteiger partial charge in [-0.3, -0.25) is 0 Å². The molecule has 0 saturated heterocycles. The van der Waals surface area contributed by atoms with Crippen LogP contribution in [0.1, 0.15) is 19.4 Å². The quantitative estimate of drug-likeness (QED) is 0.578. The summed E-state index contributed by atoms with van der Waals surface area (Å²) in [4.78, 5) is 11.4. The molecule has 0 atom stereocenters. The highest BCUT2D eigenvalue weighted by molar-refractivity contribution is 5.87. The van der Waals surface area contributed by atoms with Crippen molar-refractivity contribution >= 4 is 5.97 Å². The highest BCUT2D eigenvalue weighted by Gasteiger charge is 2.04. The fraction of sp³-hybridized carbons (Fsp3) is 0.308. The van der Waals surface area contributed by atoms with Gasteiger partial charge in [0.05, 0.1) is 7.11 Å². The van der Waals surface area contributed by atoms with Crippen LogP contribution in [-0.2, 0) is 16.1 Å². The second-order valence-electron chi connectivity index (χ2n) is 3.40. The van der Waals surface area contributed by atoms with E-state index in [9.17, 15) is 4.79 Å². The normalized spacial score (nSPS) is 11.1. The van der Waals surface area contributed by atoms with Crippen LogP contribution in [0.2, 0.25) is 0 Å². The molecule has 0 heterocycles. The van der Waals surface area contributed by atoms with E-state index < -0.39 is 0 Å². The summed E-state index contributed by atoms with van der Waals surface area (Å²) in [6.07, 6.45) is 1.73. The van der Waals surface area contributed by atoms with E-state index in [0.29, 0.717) is 5.57 Å². The van der Waals surface area contributed by atoms with Crippen LogP contribution in [-0.4, -0.2) is 13.1 Å². The lowest BCUT2D eigenvalue weighted by Gasteiger charge is -2.05. The zero-order valence-electron chi connectivity index (χ0n) is 9.82. The first-order valence-electron chi connectivity index (χ1n) is 5.10. The summed E-state index contributed by atoms with van der Waals surface area (Å²) in [7, 11) is 1.62. The monoisotopic (exact) mass is 220 g/mol. The van der Waals surface area contributed by atoms with E-state index in [2.05, 4.69) is 0 Å². The van der Waals surface area contributed by atoms with Gasteiger partial charge in [-0.15, -0.1) is 0 Å². The summed E-state index contributed by atoms with van der Waals surface area (Å²) < 4.78 is 10.1. The number of hydrogen-bond donors (Lipinski definition) is 0. The van der Waals surface area contributed by atoms with Crippen molar-refractivity contribution in [3.05, 3.63) is 41.5 Å². The summed E-state index contributed by atoms with van der Waals surface area (Å²) in [5.41, 5.74) is 1.56. The Kier molecular flexibility index (Phi) is 4.58. The topological polar surface area (TPSA) is 35.5 Å². The number of esters is 1. The third-order valence-corrected chi connectivity index (χ3v) is 2.28. The molecule has 3 heteroatoms. The van der Waals surface area contributed by atoms with Crippen LogP contribution >= 0.6 is 0 Å². The van der Waals surface area contributed by atoms with Crippen LogP contribution in [0.4, 0.5) is 0 Å². The van der Waals surface area contributed by atoms with Crippen molar-refractivity contribution < 1.29 is 14.3 Å². The van der Waals surface area contributed by atoms with E-state index in [1.807, 2.05) is 31.2 Å². The minimum absolute atomic E-state index is 0.279. The molecule has 0 aliphatic carbocycles. The van der Waals surface area contributed by atoms with Gasteiger partial charge in [-0.2, -0.15) is 0 Å². The lowest BCUT2D eigenvalue weighted by atomic mass is 10.2. The van der Waals surface area contributed by atoms with Gasteiger partial charge in [-0.25, -0.2) is 4.79 Å². The first-order chi connectivity index (χ1) is 7.67. The number of carbonyl (C=O) groups is 1. The Morgan fingerprint density at radius 1 is 1.31 bits per heavy atom. The molecular weight excluding hydrogens is 204 g/mol. The minimum Gasteiger partial charge on any atom is -0.497 e. The van der Waals surface area contributed by atoms with Crippen molar-refractivity contribution in [1.82, 2.24) is 0 Å². The zero-order valence-corrected chi connectivity index (χ0v) is 9.82. The lowest BCUT2D eigenvalue weighted by Crippen LogP contribution is -2.05. The zero-order chi connectivity index (χ0) is 12.0. The summed E-state index contributed by atoms with van der Waals surface area (Å²) in [5, 5.41) is 0. The average Bonchev–Trinajstić information content (AvgIpc) is 2.35. The molecule has 3 nitrogen and oxygen atoms in total. The van der Waals surface area contributed by atoms with Gasteiger partial charge < -0.3 is 9.47 Å². The fourth-order valence-corrected chi connectivity index (χ4v) is 1.10. The molecule has 0 amide bonds. The molecule has 16 heavy (non-hydrogen) atoms. The molecule has 0 aliphatic rings. The molecule has 86 valence electrons. The maximum Gasteiger partial charge on any atom is 0.333 e. The van der Waals surface area contributed by atoms with E-state index in [-0.39, 0.29) is 12.6 Å². The van der Waals surface area contributed by atoms with Gasteiger partial charge in [-0.05, 0) is 31.5 Å². The van der Waals surface area contributed by atoms with Crippen molar-refractivity contribution in [2.24, 2.45) is 0 Å². The van der Waals surface area contributed by atoms with Gasteiger partial charge in [0.15, 0.2) is 0 Å². The predicted octanol–water partition coefficient (Wildman–Crippen LogP) is 2.70. The average molecular weight is 220 g/mol. The Morgan fingerprint density at radius 2 is 1.94 bits per heavy atom. The summed E-state index contributed by atoms with van der Waals surface area (Å²) in [6.45, 7) is 3.83. The van der Waals surface area contributed by atoms with Crippen LogP contribution in [0.5, 0.6) is 5.75 Å². The van der Waals surface area contributed by atoms with E-state index >= 15 is 0 Å². The van der Waals surface area contributed by atoms with Crippen molar-refractivity contribution in [3.8, 4) is 5.75 Å². The third kappa shape index (κ3) is 3.42. The number of allylic oxidation sites excluding steroid dienone is 1. The van der Waals surface area contributed by atoms with Crippen molar-refractivity contribution in [2.75, 3.05) is 7.11 Å². The Bertz CT molecular complexity index is 377. The van der Waals surface area contributed by atoms with E-state index in [0.717, 1.165) is 11.3 Å². The predicted molar refractivity (Wildman–Crippen MR) is 62.2 cm³/mol. The Labute approximate surface area is 95.7 Å². The molecule has 0 unspecified atom stereocenters. The van der Waals surface area contributed by atoms with Crippen LogP contribution in [0.15, 0.2) is 35.9 Å². The highest BCUT2D eigenvalue weighted by atomic mass is 16.5. The summed E-state index contributed by atoms with van der Waals surface area (Å²) in [5.74, 6) is 0.512. The molecular formula is C13H16O3. The Morgan fingerprint density at radius 3 is 2.44 bits per heavy atom. The van der Waals surface area contributed by atoms with Crippen LogP contribution in [0.25, 0.3) is 0 Å². The number of hydrogen-bond acceptors (Lipinski definition) is 3. The van der Waals surface area contributed by atoms with Gasteiger partial charge in [0, 0.05) is 5.57 Å². The van der Waals surface area contributed by atoms with E-state index in [1.54, 1.807) is 20.1 Å². The molecule has 0 spiro atoms. The first kappa shape index (κ1) is 12.3. The van der Waals surface area contributed by atoms with Crippen LogP contribution in [0, 0.1) is 0 Å². The van der Waals surface area contributed by atoms with Gasteiger partial charge in [0.25, 0.3) is 0 Å². The SMILES string of the molecule is C/C=C(/C)C(=O)OCc1ccc(OC)cc1. The minimum atomic E-state index is -0.279. The molecule has 0 aliphatic heterocycles. The molecule has 1 rings (SSSR count). The number of methoxy groups -OCH3 is 1. The van der Waals surface area contributed by atoms with Crippen LogP contribution < -0.4 is 4.74 Å². The Hall–Kier alpha value is -1.77. The van der Waals surface area contributed by atoms with E-state index in [1.165, 1.54) is 0 Å². The molecule has 0 bridgehead atoms. The van der Waals surface area contributed by atoms with Crippen molar-refractivity contribution in [2.45, 2.75) is 20.5 Å². The second kappa shape index (κ2) is 5.95. The van der Waals surface area contributed by atoms with Gasteiger partial charge in [0.2, 0.25) is 0 Å².